The molecule has 0 spiro atoms. The van der Waals surface area contributed by atoms with E-state index in [0.29, 0.717) is 17.7 Å². The van der Waals surface area contributed by atoms with Crippen molar-refractivity contribution in [1.29, 1.82) is 0 Å². The Balaban J connectivity index is 1.50. The number of methoxy groups -OCH3 is 1. The van der Waals surface area contributed by atoms with Crippen LogP contribution in [0.1, 0.15) is 65.7 Å². The molecular weight excluding hydrogens is 571 g/mol. The summed E-state index contributed by atoms with van der Waals surface area (Å²) in [6.45, 7) is 5.76. The van der Waals surface area contributed by atoms with Gasteiger partial charge in [0.15, 0.2) is 0 Å². The van der Waals surface area contributed by atoms with Gasteiger partial charge >= 0.3 is 18.2 Å². The van der Waals surface area contributed by atoms with Crippen molar-refractivity contribution in [2.75, 3.05) is 13.7 Å². The number of rotatable bonds is 6. The number of hydrogen-bond donors (Lipinski definition) is 0. The fourth-order valence-corrected chi connectivity index (χ4v) is 5.63. The molecule has 1 aliphatic heterocycles. The number of carbonyl (C=O) groups is 2. The lowest BCUT2D eigenvalue weighted by atomic mass is 9.82. The molecule has 4 aromatic rings. The third-order valence-corrected chi connectivity index (χ3v) is 7.56. The average Bonchev–Trinajstić information content (AvgIpc) is 2.98. The number of amides is 1. The minimum absolute atomic E-state index is 0.134. The van der Waals surface area contributed by atoms with Crippen molar-refractivity contribution in [3.63, 3.8) is 0 Å². The number of para-hydroxylation sites is 1. The van der Waals surface area contributed by atoms with E-state index in [9.17, 15) is 22.8 Å². The minimum atomic E-state index is -4.77. The van der Waals surface area contributed by atoms with Crippen molar-refractivity contribution < 1.29 is 37.0 Å². The Hall–Kier alpha value is -4.53. The lowest BCUT2D eigenvalue weighted by molar-refractivity contribution is -0.138. The van der Waals surface area contributed by atoms with Gasteiger partial charge in [-0.05, 0) is 67.3 Å². The predicted octanol–water partition coefficient (Wildman–Crippen LogP) is 8.37. The summed E-state index contributed by atoms with van der Waals surface area (Å²) >= 11 is 0. The van der Waals surface area contributed by atoms with Crippen LogP contribution in [0.2, 0.25) is 0 Å². The molecule has 1 amide bonds. The van der Waals surface area contributed by atoms with Crippen LogP contribution in [0.5, 0.6) is 5.75 Å². The van der Waals surface area contributed by atoms with Gasteiger partial charge in [-0.25, -0.2) is 9.59 Å². The van der Waals surface area contributed by atoms with Gasteiger partial charge in [-0.15, -0.1) is 0 Å². The van der Waals surface area contributed by atoms with E-state index in [1.165, 1.54) is 6.07 Å². The molecule has 2 atom stereocenters. The second-order valence-electron chi connectivity index (χ2n) is 11.9. The normalized spacial score (nSPS) is 16.5. The summed E-state index contributed by atoms with van der Waals surface area (Å²) in [5.41, 5.74) is -0.328. The standard InChI is InChI=1S/C35H34F3NO5/c1-34(2,3)44-33(41)39(20-24-12-9-11-22-10-5-6-13-26(22)24)21-25-19-29(27-14-7-8-15-31(27)43-25)23-16-17-28(32(40)42-4)30(18-23)35(36,37)38/h5-18,25,29H,19-21H2,1-4H3. The summed E-state index contributed by atoms with van der Waals surface area (Å²) in [5.74, 6) is -1.03. The summed E-state index contributed by atoms with van der Waals surface area (Å²) in [5, 5.41) is 2.04. The smallest absolute Gasteiger partial charge is 0.417 e. The van der Waals surface area contributed by atoms with E-state index in [4.69, 9.17) is 9.47 Å². The predicted molar refractivity (Wildman–Crippen MR) is 161 cm³/mol. The molecule has 6 nitrogen and oxygen atoms in total. The zero-order valence-corrected chi connectivity index (χ0v) is 25.0. The Morgan fingerprint density at radius 3 is 2.36 bits per heavy atom. The summed E-state index contributed by atoms with van der Waals surface area (Å²) in [4.78, 5) is 27.3. The third kappa shape index (κ3) is 6.82. The zero-order chi connectivity index (χ0) is 31.6. The second kappa shape index (κ2) is 12.2. The molecule has 0 saturated heterocycles. The van der Waals surface area contributed by atoms with Crippen molar-refractivity contribution in [3.05, 3.63) is 113 Å². The number of ether oxygens (including phenoxy) is 3. The lowest BCUT2D eigenvalue weighted by Crippen LogP contribution is -2.43. The van der Waals surface area contributed by atoms with Crippen LogP contribution < -0.4 is 4.74 Å². The van der Waals surface area contributed by atoms with Gasteiger partial charge in [-0.3, -0.25) is 0 Å². The van der Waals surface area contributed by atoms with Gasteiger partial charge in [-0.2, -0.15) is 13.2 Å². The molecule has 0 bridgehead atoms. The number of benzene rings is 4. The minimum Gasteiger partial charge on any atom is -0.488 e. The van der Waals surface area contributed by atoms with Crippen LogP contribution in [0.15, 0.2) is 84.9 Å². The lowest BCUT2D eigenvalue weighted by Gasteiger charge is -2.36. The van der Waals surface area contributed by atoms with Crippen LogP contribution in [0, 0.1) is 0 Å². The Morgan fingerprint density at radius 2 is 1.64 bits per heavy atom. The molecule has 0 aliphatic carbocycles. The highest BCUT2D eigenvalue weighted by atomic mass is 19.4. The molecule has 9 heteroatoms. The average molecular weight is 606 g/mol. The highest BCUT2D eigenvalue weighted by molar-refractivity contribution is 5.91. The Kier molecular flexibility index (Phi) is 8.59. The summed E-state index contributed by atoms with van der Waals surface area (Å²) in [6.07, 6.45) is -5.56. The Morgan fingerprint density at radius 1 is 0.932 bits per heavy atom. The van der Waals surface area contributed by atoms with E-state index < -0.39 is 47.0 Å². The molecule has 44 heavy (non-hydrogen) atoms. The van der Waals surface area contributed by atoms with Gasteiger partial charge in [-0.1, -0.05) is 66.7 Å². The molecule has 1 heterocycles. The van der Waals surface area contributed by atoms with Gasteiger partial charge in [0.1, 0.15) is 17.5 Å². The number of esters is 1. The number of alkyl halides is 3. The first-order chi connectivity index (χ1) is 20.8. The molecule has 0 radical (unpaired) electrons. The number of hydrogen-bond acceptors (Lipinski definition) is 5. The fraction of sp³-hybridized carbons (Fsp3) is 0.314. The van der Waals surface area contributed by atoms with E-state index >= 15 is 0 Å². The van der Waals surface area contributed by atoms with Crippen LogP contribution in [-0.2, 0) is 22.2 Å². The molecule has 4 aromatic carbocycles. The van der Waals surface area contributed by atoms with Gasteiger partial charge in [0, 0.05) is 18.0 Å². The van der Waals surface area contributed by atoms with Crippen molar-refractivity contribution in [1.82, 2.24) is 4.90 Å². The van der Waals surface area contributed by atoms with Gasteiger partial charge in [0.25, 0.3) is 0 Å². The van der Waals surface area contributed by atoms with E-state index in [1.807, 2.05) is 48.5 Å². The maximum Gasteiger partial charge on any atom is 0.417 e. The van der Waals surface area contributed by atoms with Gasteiger partial charge in [0.05, 0.1) is 24.8 Å². The van der Waals surface area contributed by atoms with Gasteiger partial charge < -0.3 is 19.1 Å². The van der Waals surface area contributed by atoms with Crippen molar-refractivity contribution in [3.8, 4) is 5.75 Å². The molecule has 5 rings (SSSR count). The van der Waals surface area contributed by atoms with Crippen LogP contribution >= 0.6 is 0 Å². The monoisotopic (exact) mass is 605 g/mol. The van der Waals surface area contributed by atoms with Gasteiger partial charge in [0.2, 0.25) is 0 Å². The number of nitrogens with zero attached hydrogens (tertiary/aromatic N) is 1. The van der Waals surface area contributed by atoms with Crippen LogP contribution in [-0.4, -0.2) is 42.3 Å². The topological polar surface area (TPSA) is 65.1 Å². The maximum absolute atomic E-state index is 14.1. The molecular formula is C35H34F3NO5. The van der Waals surface area contributed by atoms with Crippen LogP contribution in [0.3, 0.4) is 0 Å². The van der Waals surface area contributed by atoms with Crippen molar-refractivity contribution in [2.45, 2.75) is 57.5 Å². The summed E-state index contributed by atoms with van der Waals surface area (Å²) in [6, 6.07) is 24.7. The SMILES string of the molecule is COC(=O)c1ccc(C2CC(CN(Cc3cccc4ccccc34)C(=O)OC(C)(C)C)Oc3ccccc32)cc1C(F)(F)F. The second-order valence-corrected chi connectivity index (χ2v) is 11.9. The maximum atomic E-state index is 14.1. The van der Waals surface area contributed by atoms with E-state index in [1.54, 1.807) is 43.9 Å². The molecule has 230 valence electrons. The largest absolute Gasteiger partial charge is 0.488 e. The molecule has 2 unspecified atom stereocenters. The first-order valence-corrected chi connectivity index (χ1v) is 14.3. The first-order valence-electron chi connectivity index (χ1n) is 14.3. The molecule has 0 aromatic heterocycles. The summed E-state index contributed by atoms with van der Waals surface area (Å²) in [7, 11) is 1.05. The fourth-order valence-electron chi connectivity index (χ4n) is 5.63. The zero-order valence-electron chi connectivity index (χ0n) is 25.0. The third-order valence-electron chi connectivity index (χ3n) is 7.56. The Labute approximate surface area is 254 Å². The van der Waals surface area contributed by atoms with E-state index in [0.717, 1.165) is 41.1 Å². The molecule has 0 saturated carbocycles. The van der Waals surface area contributed by atoms with Crippen LogP contribution in [0.25, 0.3) is 10.8 Å². The number of halogens is 3. The molecule has 1 aliphatic rings. The van der Waals surface area contributed by atoms with Crippen LogP contribution in [0.4, 0.5) is 18.0 Å². The first kappa shape index (κ1) is 30.9. The highest BCUT2D eigenvalue weighted by Crippen LogP contribution is 2.43. The Bertz CT molecular complexity index is 1670. The molecule has 0 fully saturated rings. The highest BCUT2D eigenvalue weighted by Gasteiger charge is 2.38. The van der Waals surface area contributed by atoms with Crippen molar-refractivity contribution >= 4 is 22.8 Å². The number of carbonyl (C=O) groups excluding carboxylic acids is 2. The summed E-state index contributed by atoms with van der Waals surface area (Å²) < 4.78 is 59.0. The van der Waals surface area contributed by atoms with E-state index in [2.05, 4.69) is 4.74 Å². The number of fused-ring (bicyclic) bond motifs is 2. The molecule has 0 N–H and O–H groups in total. The van der Waals surface area contributed by atoms with Crippen molar-refractivity contribution in [2.24, 2.45) is 0 Å². The quantitative estimate of drug-likeness (QED) is 0.207. The van der Waals surface area contributed by atoms with E-state index in [-0.39, 0.29) is 13.1 Å².